The van der Waals surface area contributed by atoms with Gasteiger partial charge in [0, 0.05) is 19.2 Å². The van der Waals surface area contributed by atoms with Crippen LogP contribution in [-0.4, -0.2) is 40.1 Å². The molecule has 2 rings (SSSR count). The highest BCUT2D eigenvalue weighted by molar-refractivity contribution is 5.80. The van der Waals surface area contributed by atoms with Crippen LogP contribution in [0.5, 0.6) is 0 Å². The van der Waals surface area contributed by atoms with Crippen LogP contribution in [0.1, 0.15) is 12.6 Å². The Labute approximate surface area is 98.2 Å². The largest absolute Gasteiger partial charge is 0.481 e. The number of rotatable bonds is 3. The number of aliphatic carboxylic acids is 1. The average Bonchev–Trinajstić information content (AvgIpc) is 2.86. The zero-order valence-electron chi connectivity index (χ0n) is 9.50. The molecule has 0 spiro atoms. The third kappa shape index (κ3) is 2.46. The van der Waals surface area contributed by atoms with Gasteiger partial charge in [0.25, 0.3) is 0 Å². The van der Waals surface area contributed by atoms with Crippen LogP contribution in [0.3, 0.4) is 0 Å². The summed E-state index contributed by atoms with van der Waals surface area (Å²) in [5.74, 6) is -1.41. The van der Waals surface area contributed by atoms with Crippen LogP contribution in [0.2, 0.25) is 0 Å². The smallest absolute Gasteiger partial charge is 0.308 e. The first kappa shape index (κ1) is 11.6. The van der Waals surface area contributed by atoms with Gasteiger partial charge in [0.2, 0.25) is 5.91 Å². The van der Waals surface area contributed by atoms with Crippen molar-refractivity contribution in [3.8, 4) is 0 Å². The summed E-state index contributed by atoms with van der Waals surface area (Å²) in [5, 5.41) is 12.6. The summed E-state index contributed by atoms with van der Waals surface area (Å²) in [5.41, 5.74) is 0.571. The summed E-state index contributed by atoms with van der Waals surface area (Å²) in [4.78, 5) is 24.4. The predicted octanol–water partition coefficient (Wildman–Crippen LogP) is 0.396. The number of hydrogen-bond donors (Lipinski definition) is 1. The standard InChI is InChI=1S/C11H14N2O4/c1-7-5-13(6-9(7)11(15)16)10(14)4-8-2-3-17-12-8/h2-3,7,9H,4-6H2,1H3,(H,15,16)/t7-,9-/m1/s1. The maximum atomic E-state index is 11.9. The molecule has 1 N–H and O–H groups in total. The second-order valence-electron chi connectivity index (χ2n) is 4.39. The van der Waals surface area contributed by atoms with Crippen molar-refractivity contribution in [2.45, 2.75) is 13.3 Å². The number of carboxylic acid groups (broad SMARTS) is 1. The molecule has 2 heterocycles. The van der Waals surface area contributed by atoms with Gasteiger partial charge >= 0.3 is 5.97 Å². The molecule has 1 amide bonds. The van der Waals surface area contributed by atoms with E-state index in [1.54, 1.807) is 11.0 Å². The first-order valence-corrected chi connectivity index (χ1v) is 5.47. The molecule has 17 heavy (non-hydrogen) atoms. The van der Waals surface area contributed by atoms with Gasteiger partial charge < -0.3 is 14.5 Å². The summed E-state index contributed by atoms with van der Waals surface area (Å²) in [6.07, 6.45) is 1.57. The zero-order valence-corrected chi connectivity index (χ0v) is 9.50. The number of aromatic nitrogens is 1. The number of hydrogen-bond acceptors (Lipinski definition) is 4. The lowest BCUT2D eigenvalue weighted by molar-refractivity contribution is -0.142. The molecule has 0 aliphatic carbocycles. The van der Waals surface area contributed by atoms with Crippen molar-refractivity contribution in [3.05, 3.63) is 18.0 Å². The maximum absolute atomic E-state index is 11.9. The normalized spacial score (nSPS) is 23.9. The van der Waals surface area contributed by atoms with Gasteiger partial charge in [0.05, 0.1) is 18.0 Å². The highest BCUT2D eigenvalue weighted by Crippen LogP contribution is 2.23. The summed E-state index contributed by atoms with van der Waals surface area (Å²) in [6.45, 7) is 2.63. The van der Waals surface area contributed by atoms with Crippen LogP contribution < -0.4 is 0 Å². The topological polar surface area (TPSA) is 83.6 Å². The lowest BCUT2D eigenvalue weighted by Crippen LogP contribution is -2.31. The molecule has 2 atom stereocenters. The van der Waals surface area contributed by atoms with Crippen molar-refractivity contribution >= 4 is 11.9 Å². The molecular formula is C11H14N2O4. The number of carbonyl (C=O) groups excluding carboxylic acids is 1. The van der Waals surface area contributed by atoms with Crippen LogP contribution >= 0.6 is 0 Å². The predicted molar refractivity (Wildman–Crippen MR) is 57.1 cm³/mol. The van der Waals surface area contributed by atoms with Crippen molar-refractivity contribution in [1.82, 2.24) is 10.1 Å². The molecule has 0 saturated carbocycles. The molecule has 92 valence electrons. The molecule has 0 aromatic carbocycles. The molecule has 0 unspecified atom stereocenters. The molecule has 0 radical (unpaired) electrons. The van der Waals surface area contributed by atoms with E-state index in [1.807, 2.05) is 6.92 Å². The van der Waals surface area contributed by atoms with Gasteiger partial charge in [0.1, 0.15) is 6.26 Å². The molecule has 1 aromatic rings. The number of likely N-dealkylation sites (tertiary alicyclic amines) is 1. The van der Waals surface area contributed by atoms with Crippen LogP contribution in [-0.2, 0) is 16.0 Å². The lowest BCUT2D eigenvalue weighted by Gasteiger charge is -2.14. The van der Waals surface area contributed by atoms with E-state index in [4.69, 9.17) is 5.11 Å². The van der Waals surface area contributed by atoms with Gasteiger partial charge in [0.15, 0.2) is 0 Å². The Morgan fingerprint density at radius 1 is 1.59 bits per heavy atom. The Morgan fingerprint density at radius 3 is 2.88 bits per heavy atom. The molecule has 1 aliphatic rings. The Morgan fingerprint density at radius 2 is 2.35 bits per heavy atom. The Balaban J connectivity index is 1.96. The Bertz CT molecular complexity index is 415. The second kappa shape index (κ2) is 4.57. The van der Waals surface area contributed by atoms with Crippen molar-refractivity contribution in [3.63, 3.8) is 0 Å². The van der Waals surface area contributed by atoms with Crippen LogP contribution in [0.25, 0.3) is 0 Å². The van der Waals surface area contributed by atoms with E-state index in [2.05, 4.69) is 9.68 Å². The van der Waals surface area contributed by atoms with E-state index in [0.717, 1.165) is 0 Å². The monoisotopic (exact) mass is 238 g/mol. The van der Waals surface area contributed by atoms with Gasteiger partial charge in [-0.3, -0.25) is 9.59 Å². The van der Waals surface area contributed by atoms with E-state index < -0.39 is 11.9 Å². The minimum atomic E-state index is -0.839. The molecule has 1 saturated heterocycles. The highest BCUT2D eigenvalue weighted by atomic mass is 16.5. The van der Waals surface area contributed by atoms with E-state index in [9.17, 15) is 9.59 Å². The molecule has 1 aromatic heterocycles. The van der Waals surface area contributed by atoms with E-state index >= 15 is 0 Å². The quantitative estimate of drug-likeness (QED) is 0.823. The van der Waals surface area contributed by atoms with Gasteiger partial charge in [-0.2, -0.15) is 0 Å². The molecule has 1 aliphatic heterocycles. The Hall–Kier alpha value is -1.85. The van der Waals surface area contributed by atoms with E-state index in [-0.39, 0.29) is 24.8 Å². The minimum Gasteiger partial charge on any atom is -0.481 e. The van der Waals surface area contributed by atoms with Crippen LogP contribution in [0, 0.1) is 11.8 Å². The van der Waals surface area contributed by atoms with Crippen molar-refractivity contribution in [2.24, 2.45) is 11.8 Å². The Kier molecular flexibility index (Phi) is 3.12. The van der Waals surface area contributed by atoms with E-state index in [0.29, 0.717) is 12.2 Å². The number of amides is 1. The highest BCUT2D eigenvalue weighted by Gasteiger charge is 2.36. The van der Waals surface area contributed by atoms with Crippen molar-refractivity contribution < 1.29 is 19.2 Å². The lowest BCUT2D eigenvalue weighted by atomic mass is 9.99. The first-order valence-electron chi connectivity index (χ1n) is 5.47. The molecular weight excluding hydrogens is 224 g/mol. The van der Waals surface area contributed by atoms with Gasteiger partial charge in [-0.05, 0) is 5.92 Å². The molecule has 6 nitrogen and oxygen atoms in total. The summed E-state index contributed by atoms with van der Waals surface area (Å²) >= 11 is 0. The van der Waals surface area contributed by atoms with Gasteiger partial charge in [-0.25, -0.2) is 0 Å². The number of carboxylic acids is 1. The fourth-order valence-corrected chi connectivity index (χ4v) is 2.09. The van der Waals surface area contributed by atoms with Crippen molar-refractivity contribution in [1.29, 1.82) is 0 Å². The number of carbonyl (C=O) groups is 2. The second-order valence-corrected chi connectivity index (χ2v) is 4.39. The van der Waals surface area contributed by atoms with E-state index in [1.165, 1.54) is 6.26 Å². The maximum Gasteiger partial charge on any atom is 0.308 e. The van der Waals surface area contributed by atoms with Crippen LogP contribution in [0.4, 0.5) is 0 Å². The van der Waals surface area contributed by atoms with Gasteiger partial charge in [-0.1, -0.05) is 12.1 Å². The third-order valence-electron chi connectivity index (χ3n) is 3.11. The molecule has 0 bridgehead atoms. The fraction of sp³-hybridized carbons (Fsp3) is 0.545. The third-order valence-corrected chi connectivity index (χ3v) is 3.11. The van der Waals surface area contributed by atoms with Gasteiger partial charge in [-0.15, -0.1) is 0 Å². The number of nitrogens with zero attached hydrogens (tertiary/aromatic N) is 2. The summed E-state index contributed by atoms with van der Waals surface area (Å²) in [6, 6.07) is 1.63. The average molecular weight is 238 g/mol. The molecule has 6 heteroatoms. The summed E-state index contributed by atoms with van der Waals surface area (Å²) in [7, 11) is 0. The minimum absolute atomic E-state index is 0.00578. The first-order chi connectivity index (χ1) is 8.08. The molecule has 1 fully saturated rings. The zero-order chi connectivity index (χ0) is 12.4. The SMILES string of the molecule is C[C@@H]1CN(C(=O)Cc2ccon2)C[C@H]1C(=O)O. The summed E-state index contributed by atoms with van der Waals surface area (Å²) < 4.78 is 4.64. The van der Waals surface area contributed by atoms with Crippen molar-refractivity contribution in [2.75, 3.05) is 13.1 Å². The fourth-order valence-electron chi connectivity index (χ4n) is 2.09. The van der Waals surface area contributed by atoms with Crippen LogP contribution in [0.15, 0.2) is 16.9 Å².